The molecule has 6 nitrogen and oxygen atoms in total. The van der Waals surface area contributed by atoms with Gasteiger partial charge in [0, 0.05) is 0 Å². The number of hydrogen-bond acceptors (Lipinski definition) is 5. The van der Waals surface area contributed by atoms with Gasteiger partial charge in [-0.1, -0.05) is 30.3 Å². The van der Waals surface area contributed by atoms with Crippen LogP contribution in [-0.4, -0.2) is 23.7 Å². The molecule has 2 aromatic carbocycles. The number of para-hydroxylation sites is 4. The second-order valence-corrected chi connectivity index (χ2v) is 8.77. The molecule has 1 aromatic heterocycles. The average Bonchev–Trinajstić information content (AvgIpc) is 2.66. The van der Waals surface area contributed by atoms with Crippen molar-refractivity contribution in [2.45, 2.75) is 12.5 Å². The van der Waals surface area contributed by atoms with Crippen molar-refractivity contribution in [2.75, 3.05) is 10.7 Å². The monoisotopic (exact) mass is 460 g/mol. The summed E-state index contributed by atoms with van der Waals surface area (Å²) in [5, 5.41) is 0. The summed E-state index contributed by atoms with van der Waals surface area (Å²) in [6, 6.07) is 20.2. The van der Waals surface area contributed by atoms with Crippen molar-refractivity contribution in [3.8, 4) is 11.5 Å². The van der Waals surface area contributed by atoms with E-state index < -0.39 is 16.2 Å². The van der Waals surface area contributed by atoms with Crippen LogP contribution >= 0.6 is 15.9 Å². The van der Waals surface area contributed by atoms with Gasteiger partial charge in [-0.3, -0.25) is 4.55 Å². The highest BCUT2D eigenvalue weighted by Gasteiger charge is 2.32. The zero-order chi connectivity index (χ0) is 19.7. The molecule has 0 amide bonds. The molecule has 3 aromatic rings. The molecule has 1 atom stereocenters. The Morgan fingerprint density at radius 3 is 2.14 bits per heavy atom. The van der Waals surface area contributed by atoms with Gasteiger partial charge in [0.25, 0.3) is 10.1 Å². The van der Waals surface area contributed by atoms with Crippen molar-refractivity contribution >= 4 is 37.4 Å². The van der Waals surface area contributed by atoms with Crippen molar-refractivity contribution in [2.24, 2.45) is 0 Å². The molecule has 2 heterocycles. The molecule has 1 unspecified atom stereocenters. The van der Waals surface area contributed by atoms with E-state index in [0.29, 0.717) is 21.8 Å². The van der Waals surface area contributed by atoms with Gasteiger partial charge in [-0.25, -0.2) is 4.98 Å². The summed E-state index contributed by atoms with van der Waals surface area (Å²) >= 11 is 3.39. The molecule has 0 radical (unpaired) electrons. The Kier molecular flexibility index (Phi) is 5.09. The molecule has 4 rings (SSSR count). The third kappa shape index (κ3) is 3.89. The molecule has 0 saturated heterocycles. The van der Waals surface area contributed by atoms with Crippen molar-refractivity contribution in [3.63, 3.8) is 0 Å². The molecule has 144 valence electrons. The predicted molar refractivity (Wildman–Crippen MR) is 111 cm³/mol. The Hall–Kier alpha value is -2.42. The molecular weight excluding hydrogens is 444 g/mol. The number of hydrogen-bond donors (Lipinski definition) is 1. The fourth-order valence-electron chi connectivity index (χ4n) is 3.35. The standard InChI is InChI=1S/C20H17BrN2O4S/c21-20-11-5-6-14(22-20)15(12-13-28(24,25)26)23-16-7-1-3-9-18(16)27-19-10-4-2-8-17(19)23/h1-11,15H,12-13H2,(H,24,25,26). The Morgan fingerprint density at radius 2 is 1.57 bits per heavy atom. The second kappa shape index (κ2) is 7.54. The van der Waals surface area contributed by atoms with E-state index in [0.717, 1.165) is 11.4 Å². The van der Waals surface area contributed by atoms with Gasteiger partial charge in [-0.15, -0.1) is 0 Å². The number of nitrogens with zero attached hydrogens (tertiary/aromatic N) is 2. The van der Waals surface area contributed by atoms with E-state index in [1.165, 1.54) is 0 Å². The summed E-state index contributed by atoms with van der Waals surface area (Å²) in [6.45, 7) is 0. The van der Waals surface area contributed by atoms with Crippen LogP contribution < -0.4 is 9.64 Å². The minimum atomic E-state index is -4.13. The Morgan fingerprint density at radius 1 is 0.964 bits per heavy atom. The molecule has 8 heteroatoms. The van der Waals surface area contributed by atoms with E-state index in [2.05, 4.69) is 20.9 Å². The molecular formula is C20H17BrN2O4S. The molecule has 1 aliphatic heterocycles. The zero-order valence-electron chi connectivity index (χ0n) is 14.7. The topological polar surface area (TPSA) is 79.7 Å². The molecule has 0 aliphatic carbocycles. The first kappa shape index (κ1) is 18.9. The summed E-state index contributed by atoms with van der Waals surface area (Å²) in [6.07, 6.45) is 0.158. The number of rotatable bonds is 5. The first-order valence-electron chi connectivity index (χ1n) is 8.65. The van der Waals surface area contributed by atoms with Gasteiger partial charge in [0.2, 0.25) is 0 Å². The van der Waals surface area contributed by atoms with E-state index in [-0.39, 0.29) is 12.2 Å². The zero-order valence-corrected chi connectivity index (χ0v) is 17.1. The number of ether oxygens (including phenoxy) is 1. The molecule has 0 saturated carbocycles. The lowest BCUT2D eigenvalue weighted by Gasteiger charge is -2.38. The van der Waals surface area contributed by atoms with Crippen molar-refractivity contribution < 1.29 is 17.7 Å². The smallest absolute Gasteiger partial charge is 0.264 e. The lowest BCUT2D eigenvalue weighted by atomic mass is 10.0. The second-order valence-electron chi connectivity index (χ2n) is 6.38. The largest absolute Gasteiger partial charge is 0.453 e. The lowest BCUT2D eigenvalue weighted by Crippen LogP contribution is -2.29. The normalized spacial score (nSPS) is 14.0. The van der Waals surface area contributed by atoms with E-state index in [1.54, 1.807) is 0 Å². The number of anilines is 2. The Bertz CT molecular complexity index is 1070. The number of aromatic nitrogens is 1. The van der Waals surface area contributed by atoms with Crippen LogP contribution in [0.4, 0.5) is 11.4 Å². The molecule has 1 aliphatic rings. The molecule has 0 fully saturated rings. The Labute approximate surface area is 171 Å². The maximum atomic E-state index is 11.5. The van der Waals surface area contributed by atoms with Crippen LogP contribution in [0.5, 0.6) is 11.5 Å². The lowest BCUT2D eigenvalue weighted by molar-refractivity contribution is 0.460. The van der Waals surface area contributed by atoms with Crippen LogP contribution in [0.1, 0.15) is 18.2 Å². The van der Waals surface area contributed by atoms with E-state index >= 15 is 0 Å². The quantitative estimate of drug-likeness (QED) is 0.420. The summed E-state index contributed by atoms with van der Waals surface area (Å²) < 4.78 is 39.0. The van der Waals surface area contributed by atoms with Crippen LogP contribution in [-0.2, 0) is 10.1 Å². The van der Waals surface area contributed by atoms with Crippen LogP contribution in [0, 0.1) is 0 Å². The Balaban J connectivity index is 1.88. The van der Waals surface area contributed by atoms with E-state index in [1.807, 2.05) is 71.6 Å². The van der Waals surface area contributed by atoms with E-state index in [9.17, 15) is 13.0 Å². The highest BCUT2D eigenvalue weighted by Crippen LogP contribution is 2.50. The summed E-state index contributed by atoms with van der Waals surface area (Å²) in [4.78, 5) is 6.57. The third-order valence-electron chi connectivity index (χ3n) is 4.51. The number of fused-ring (bicyclic) bond motifs is 2. The summed E-state index contributed by atoms with van der Waals surface area (Å²) in [7, 11) is -4.13. The molecule has 0 spiro atoms. The van der Waals surface area contributed by atoms with Gasteiger partial charge in [0.1, 0.15) is 4.60 Å². The summed E-state index contributed by atoms with van der Waals surface area (Å²) in [5.74, 6) is 0.967. The minimum absolute atomic E-state index is 0.158. The predicted octanol–water partition coefficient (Wildman–Crippen LogP) is 5.11. The minimum Gasteiger partial charge on any atom is -0.453 e. The number of benzene rings is 2. The first-order chi connectivity index (χ1) is 13.4. The molecule has 28 heavy (non-hydrogen) atoms. The first-order valence-corrected chi connectivity index (χ1v) is 11.1. The number of pyridine rings is 1. The van der Waals surface area contributed by atoms with Crippen LogP contribution in [0.3, 0.4) is 0 Å². The van der Waals surface area contributed by atoms with Gasteiger partial charge in [-0.2, -0.15) is 8.42 Å². The van der Waals surface area contributed by atoms with Crippen molar-refractivity contribution in [1.29, 1.82) is 0 Å². The fraction of sp³-hybridized carbons (Fsp3) is 0.150. The maximum Gasteiger partial charge on any atom is 0.264 e. The molecule has 1 N–H and O–H groups in total. The van der Waals surface area contributed by atoms with Crippen LogP contribution in [0.25, 0.3) is 0 Å². The fourth-order valence-corrected chi connectivity index (χ4v) is 4.23. The third-order valence-corrected chi connectivity index (χ3v) is 5.70. The van der Waals surface area contributed by atoms with Gasteiger partial charge >= 0.3 is 0 Å². The van der Waals surface area contributed by atoms with Gasteiger partial charge in [0.05, 0.1) is 28.9 Å². The van der Waals surface area contributed by atoms with Gasteiger partial charge < -0.3 is 9.64 Å². The van der Waals surface area contributed by atoms with Gasteiger partial charge in [-0.05, 0) is 58.7 Å². The average molecular weight is 461 g/mol. The SMILES string of the molecule is O=S(=O)(O)CCC(c1cccc(Br)n1)N1c2ccccc2Oc2ccccc21. The van der Waals surface area contributed by atoms with Crippen molar-refractivity contribution in [3.05, 3.63) is 77.0 Å². The number of halogens is 1. The summed E-state index contributed by atoms with van der Waals surface area (Å²) in [5.41, 5.74) is 2.30. The highest BCUT2D eigenvalue weighted by molar-refractivity contribution is 9.10. The molecule has 0 bridgehead atoms. The maximum absolute atomic E-state index is 11.5. The van der Waals surface area contributed by atoms with Crippen molar-refractivity contribution in [1.82, 2.24) is 4.98 Å². The van der Waals surface area contributed by atoms with Crippen LogP contribution in [0.15, 0.2) is 71.3 Å². The van der Waals surface area contributed by atoms with Crippen LogP contribution in [0.2, 0.25) is 0 Å². The van der Waals surface area contributed by atoms with E-state index in [4.69, 9.17) is 4.74 Å². The highest BCUT2D eigenvalue weighted by atomic mass is 79.9. The van der Waals surface area contributed by atoms with Gasteiger partial charge in [0.15, 0.2) is 11.5 Å².